The van der Waals surface area contributed by atoms with E-state index >= 15 is 0 Å². The maximum atomic E-state index is 12.1. The predicted molar refractivity (Wildman–Crippen MR) is 76.2 cm³/mol. The van der Waals surface area contributed by atoms with Gasteiger partial charge in [0.05, 0.1) is 12.6 Å². The molecular formula is C15H24N2O3. The second kappa shape index (κ2) is 6.41. The highest BCUT2D eigenvalue weighted by molar-refractivity contribution is 5.81. The fourth-order valence-corrected chi connectivity index (χ4v) is 2.36. The van der Waals surface area contributed by atoms with Gasteiger partial charge in [-0.15, -0.1) is 0 Å². The Morgan fingerprint density at radius 2 is 2.30 bits per heavy atom. The van der Waals surface area contributed by atoms with Gasteiger partial charge >= 0.3 is 0 Å². The van der Waals surface area contributed by atoms with Crippen LogP contribution in [0.4, 0.5) is 0 Å². The topological polar surface area (TPSA) is 68.7 Å². The van der Waals surface area contributed by atoms with E-state index in [1.165, 1.54) is 6.42 Å². The summed E-state index contributed by atoms with van der Waals surface area (Å²) in [6.45, 7) is 3.17. The summed E-state index contributed by atoms with van der Waals surface area (Å²) in [7, 11) is 3.35. The van der Waals surface area contributed by atoms with Crippen molar-refractivity contribution < 1.29 is 13.9 Å². The zero-order valence-electron chi connectivity index (χ0n) is 12.5. The summed E-state index contributed by atoms with van der Waals surface area (Å²) in [6, 6.07) is 3.45. The molecule has 1 aliphatic carbocycles. The van der Waals surface area contributed by atoms with E-state index in [4.69, 9.17) is 14.9 Å². The van der Waals surface area contributed by atoms with E-state index in [1.807, 2.05) is 12.1 Å². The average molecular weight is 280 g/mol. The molecule has 1 heterocycles. The molecule has 3 unspecified atom stereocenters. The lowest BCUT2D eigenvalue weighted by atomic mass is 10.2. The minimum Gasteiger partial charge on any atom is -0.464 e. The minimum atomic E-state index is -0.516. The molecule has 1 aromatic heterocycles. The van der Waals surface area contributed by atoms with Gasteiger partial charge in [-0.1, -0.05) is 6.92 Å². The number of amides is 1. The Kier molecular flexibility index (Phi) is 4.83. The van der Waals surface area contributed by atoms with Gasteiger partial charge in [0.2, 0.25) is 5.91 Å². The maximum Gasteiger partial charge on any atom is 0.239 e. The predicted octanol–water partition coefficient (Wildman–Crippen LogP) is 1.73. The second-order valence-electron chi connectivity index (χ2n) is 5.71. The lowest BCUT2D eigenvalue weighted by Gasteiger charge is -2.20. The first-order valence-electron chi connectivity index (χ1n) is 7.11. The summed E-state index contributed by atoms with van der Waals surface area (Å²) >= 11 is 0. The summed E-state index contributed by atoms with van der Waals surface area (Å²) < 4.78 is 10.7. The van der Waals surface area contributed by atoms with Crippen molar-refractivity contribution in [2.24, 2.45) is 11.7 Å². The number of carbonyl (C=O) groups excluding carboxylic acids is 1. The summed E-state index contributed by atoms with van der Waals surface area (Å²) in [6.07, 6.45) is 1.73. The normalized spacial score (nSPS) is 22.6. The van der Waals surface area contributed by atoms with E-state index in [2.05, 4.69) is 6.92 Å². The number of ether oxygens (including phenoxy) is 1. The molecule has 2 rings (SSSR count). The van der Waals surface area contributed by atoms with Gasteiger partial charge < -0.3 is 19.8 Å². The summed E-state index contributed by atoms with van der Waals surface area (Å²) in [5, 5.41) is 0. The molecule has 1 saturated carbocycles. The number of furan rings is 1. The van der Waals surface area contributed by atoms with Gasteiger partial charge in [0.1, 0.15) is 11.5 Å². The summed E-state index contributed by atoms with van der Waals surface area (Å²) in [5.74, 6) is 3.05. The van der Waals surface area contributed by atoms with Crippen molar-refractivity contribution >= 4 is 5.91 Å². The monoisotopic (exact) mass is 280 g/mol. The van der Waals surface area contributed by atoms with Gasteiger partial charge in [-0.05, 0) is 30.9 Å². The van der Waals surface area contributed by atoms with E-state index in [-0.39, 0.29) is 5.91 Å². The van der Waals surface area contributed by atoms with Gasteiger partial charge in [-0.25, -0.2) is 0 Å². The molecule has 5 heteroatoms. The third-order valence-electron chi connectivity index (χ3n) is 3.88. The van der Waals surface area contributed by atoms with Crippen LogP contribution in [-0.4, -0.2) is 37.6 Å². The average Bonchev–Trinajstić information content (AvgIpc) is 2.98. The van der Waals surface area contributed by atoms with Gasteiger partial charge in [-0.3, -0.25) is 4.79 Å². The summed E-state index contributed by atoms with van der Waals surface area (Å²) in [4.78, 5) is 13.7. The molecular weight excluding hydrogens is 256 g/mol. The highest BCUT2D eigenvalue weighted by Crippen LogP contribution is 2.47. The molecule has 0 aliphatic heterocycles. The van der Waals surface area contributed by atoms with E-state index in [0.29, 0.717) is 25.5 Å². The lowest BCUT2D eigenvalue weighted by molar-refractivity contribution is -0.132. The van der Waals surface area contributed by atoms with Crippen LogP contribution in [0.3, 0.4) is 0 Å². The van der Waals surface area contributed by atoms with Crippen molar-refractivity contribution in [2.45, 2.75) is 38.3 Å². The van der Waals surface area contributed by atoms with Crippen LogP contribution in [0.2, 0.25) is 0 Å². The zero-order chi connectivity index (χ0) is 14.7. The van der Waals surface area contributed by atoms with Crippen LogP contribution in [0.25, 0.3) is 0 Å². The van der Waals surface area contributed by atoms with Crippen LogP contribution in [0.1, 0.15) is 37.2 Å². The van der Waals surface area contributed by atoms with Crippen molar-refractivity contribution in [1.29, 1.82) is 0 Å². The second-order valence-corrected chi connectivity index (χ2v) is 5.71. The minimum absolute atomic E-state index is 0.0835. The molecule has 1 amide bonds. The lowest BCUT2D eigenvalue weighted by Crippen LogP contribution is -2.41. The fraction of sp³-hybridized carbons (Fsp3) is 0.667. The van der Waals surface area contributed by atoms with E-state index in [9.17, 15) is 4.79 Å². The number of hydrogen-bond donors (Lipinski definition) is 1. The Labute approximate surface area is 120 Å². The van der Waals surface area contributed by atoms with Gasteiger partial charge in [0.15, 0.2) is 0 Å². The molecule has 2 N–H and O–H groups in total. The Balaban J connectivity index is 1.85. The van der Waals surface area contributed by atoms with Crippen molar-refractivity contribution in [2.75, 3.05) is 20.8 Å². The van der Waals surface area contributed by atoms with Crippen LogP contribution in [0, 0.1) is 5.92 Å². The number of methoxy groups -OCH3 is 1. The molecule has 0 aromatic carbocycles. The standard InChI is InChI=1S/C15H24N2O3/c1-10-8-12(10)14-5-4-11(20-14)9-17(2)15(18)13(16)6-7-19-3/h4-5,10,12-13H,6-9,16H2,1-3H3. The van der Waals surface area contributed by atoms with Crippen LogP contribution in [0.5, 0.6) is 0 Å². The molecule has 3 atom stereocenters. The molecule has 1 fully saturated rings. The number of hydrogen-bond acceptors (Lipinski definition) is 4. The maximum absolute atomic E-state index is 12.1. The molecule has 1 aromatic rings. The third kappa shape index (κ3) is 3.61. The van der Waals surface area contributed by atoms with Crippen LogP contribution in [-0.2, 0) is 16.1 Å². The van der Waals surface area contributed by atoms with Crippen LogP contribution >= 0.6 is 0 Å². The number of rotatable bonds is 7. The number of nitrogens with two attached hydrogens (primary N) is 1. The van der Waals surface area contributed by atoms with Gasteiger partial charge in [0.25, 0.3) is 0 Å². The fourth-order valence-electron chi connectivity index (χ4n) is 2.36. The van der Waals surface area contributed by atoms with E-state index in [0.717, 1.165) is 17.4 Å². The molecule has 112 valence electrons. The highest BCUT2D eigenvalue weighted by Gasteiger charge is 2.36. The number of likely N-dealkylation sites (N-methyl/N-ethyl adjacent to an activating group) is 1. The first kappa shape index (κ1) is 15.1. The SMILES string of the molecule is COCCC(N)C(=O)N(C)Cc1ccc(C2CC2C)o1. The van der Waals surface area contributed by atoms with Crippen molar-refractivity contribution in [3.05, 3.63) is 23.7 Å². The number of carbonyl (C=O) groups is 1. The molecule has 0 saturated heterocycles. The molecule has 5 nitrogen and oxygen atoms in total. The smallest absolute Gasteiger partial charge is 0.239 e. The zero-order valence-corrected chi connectivity index (χ0v) is 12.5. The van der Waals surface area contributed by atoms with Gasteiger partial charge in [0, 0.05) is 26.7 Å². The molecule has 20 heavy (non-hydrogen) atoms. The quantitative estimate of drug-likeness (QED) is 0.826. The first-order valence-corrected chi connectivity index (χ1v) is 7.11. The molecule has 0 bridgehead atoms. The van der Waals surface area contributed by atoms with E-state index in [1.54, 1.807) is 19.1 Å². The Morgan fingerprint density at radius 3 is 2.90 bits per heavy atom. The Morgan fingerprint density at radius 1 is 1.60 bits per heavy atom. The van der Waals surface area contributed by atoms with E-state index < -0.39 is 6.04 Å². The number of nitrogens with zero attached hydrogens (tertiary/aromatic N) is 1. The summed E-state index contributed by atoms with van der Waals surface area (Å²) in [5.41, 5.74) is 5.84. The molecule has 0 radical (unpaired) electrons. The van der Waals surface area contributed by atoms with Gasteiger partial charge in [-0.2, -0.15) is 0 Å². The highest BCUT2D eigenvalue weighted by atomic mass is 16.5. The first-order chi connectivity index (χ1) is 9.52. The third-order valence-corrected chi connectivity index (χ3v) is 3.88. The molecule has 0 spiro atoms. The van der Waals surface area contributed by atoms with Crippen molar-refractivity contribution in [3.8, 4) is 0 Å². The Hall–Kier alpha value is -1.33. The van der Waals surface area contributed by atoms with Crippen molar-refractivity contribution in [3.63, 3.8) is 0 Å². The largest absolute Gasteiger partial charge is 0.464 e. The van der Waals surface area contributed by atoms with Crippen LogP contribution in [0.15, 0.2) is 16.5 Å². The Bertz CT molecular complexity index is 458. The molecule has 1 aliphatic rings. The van der Waals surface area contributed by atoms with Crippen molar-refractivity contribution in [1.82, 2.24) is 4.90 Å². The van der Waals surface area contributed by atoms with Crippen LogP contribution < -0.4 is 5.73 Å².